The molecule has 0 saturated carbocycles. The van der Waals surface area contributed by atoms with Gasteiger partial charge in [-0.3, -0.25) is 14.6 Å². The Hall–Kier alpha value is -4.65. The Bertz CT molecular complexity index is 1430. The Kier molecular flexibility index (Phi) is 13.6. The SMILES string of the molecule is Cc1c(Cl)cccc1/C(N)=C(\Oc1ccc(OCCCN(C)C)cc1)c1ccccn1.O=C(O)CC(O)(CC(=O)O)C(=O)O. The monoisotopic (exact) mass is 629 g/mol. The number of nitrogens with two attached hydrogens (primary N) is 1. The van der Waals surface area contributed by atoms with Crippen molar-refractivity contribution in [2.24, 2.45) is 5.73 Å². The van der Waals surface area contributed by atoms with Crippen molar-refractivity contribution in [2.45, 2.75) is 31.8 Å². The van der Waals surface area contributed by atoms with Crippen molar-refractivity contribution in [1.29, 1.82) is 0 Å². The molecule has 3 aromatic rings. The van der Waals surface area contributed by atoms with E-state index in [2.05, 4.69) is 24.0 Å². The molecule has 0 aliphatic carbocycles. The van der Waals surface area contributed by atoms with Gasteiger partial charge < -0.3 is 40.5 Å². The summed E-state index contributed by atoms with van der Waals surface area (Å²) in [7, 11) is 4.10. The molecule has 1 heterocycles. The summed E-state index contributed by atoms with van der Waals surface area (Å²) in [5.74, 6) is -3.10. The first-order chi connectivity index (χ1) is 20.7. The molecule has 0 fully saturated rings. The van der Waals surface area contributed by atoms with Crippen LogP contribution in [0.4, 0.5) is 0 Å². The van der Waals surface area contributed by atoms with E-state index in [-0.39, 0.29) is 0 Å². The van der Waals surface area contributed by atoms with Gasteiger partial charge in [-0.2, -0.15) is 0 Å². The summed E-state index contributed by atoms with van der Waals surface area (Å²) in [4.78, 5) is 37.1. The first kappa shape index (κ1) is 35.5. The predicted octanol–water partition coefficient (Wildman–Crippen LogP) is 3.99. The van der Waals surface area contributed by atoms with E-state index >= 15 is 0 Å². The second-order valence-electron chi connectivity index (χ2n) is 9.93. The lowest BCUT2D eigenvalue weighted by atomic mass is 9.96. The molecule has 236 valence electrons. The van der Waals surface area contributed by atoms with Gasteiger partial charge in [0, 0.05) is 23.3 Å². The number of aliphatic hydroxyl groups is 1. The fraction of sp³-hybridized carbons (Fsp3) is 0.290. The standard InChI is InChI=1S/C25H28ClN3O2.C6H8O7/c1-18-21(8-6-9-22(18)26)24(27)25(23-10-4-5-15-28-23)31-20-13-11-19(12-14-20)30-17-7-16-29(2)3;7-3(8)1-6(13,5(11)12)2-4(9)10/h4-6,8-15H,7,16-17,27H2,1-3H3;13H,1-2H2,(H,7,8)(H,9,10)(H,11,12)/b25-24+;. The average molecular weight is 630 g/mol. The zero-order chi connectivity index (χ0) is 32.9. The highest BCUT2D eigenvalue weighted by molar-refractivity contribution is 6.31. The van der Waals surface area contributed by atoms with Gasteiger partial charge in [-0.1, -0.05) is 29.8 Å². The van der Waals surface area contributed by atoms with Gasteiger partial charge in [0.15, 0.2) is 11.4 Å². The maximum absolute atomic E-state index is 10.3. The molecule has 1 aromatic heterocycles. The van der Waals surface area contributed by atoms with E-state index in [0.717, 1.165) is 29.8 Å². The van der Waals surface area contributed by atoms with Gasteiger partial charge in [0.2, 0.25) is 0 Å². The fourth-order valence-electron chi connectivity index (χ4n) is 3.77. The second kappa shape index (κ2) is 16.8. The van der Waals surface area contributed by atoms with E-state index < -0.39 is 36.4 Å². The smallest absolute Gasteiger partial charge is 0.336 e. The van der Waals surface area contributed by atoms with Crippen LogP contribution in [0.25, 0.3) is 11.5 Å². The Labute approximate surface area is 259 Å². The van der Waals surface area contributed by atoms with Crippen molar-refractivity contribution >= 4 is 41.0 Å². The molecule has 0 spiro atoms. The molecule has 0 saturated heterocycles. The van der Waals surface area contributed by atoms with Crippen LogP contribution < -0.4 is 15.2 Å². The molecule has 0 aliphatic heterocycles. The van der Waals surface area contributed by atoms with E-state index in [1.165, 1.54) is 0 Å². The van der Waals surface area contributed by atoms with Crippen LogP contribution in [0, 0.1) is 6.92 Å². The van der Waals surface area contributed by atoms with Crippen LogP contribution in [0.15, 0.2) is 66.9 Å². The number of carboxylic acids is 3. The summed E-state index contributed by atoms with van der Waals surface area (Å²) in [6.45, 7) is 3.59. The molecular formula is C31H36ClN3O9. The van der Waals surface area contributed by atoms with Gasteiger partial charge in [-0.15, -0.1) is 0 Å². The van der Waals surface area contributed by atoms with E-state index in [9.17, 15) is 14.4 Å². The van der Waals surface area contributed by atoms with Crippen molar-refractivity contribution in [3.8, 4) is 11.5 Å². The number of aromatic nitrogens is 1. The average Bonchev–Trinajstić information content (AvgIpc) is 2.95. The molecule has 0 amide bonds. The number of rotatable bonds is 14. The summed E-state index contributed by atoms with van der Waals surface area (Å²) >= 11 is 6.30. The van der Waals surface area contributed by atoms with Crippen LogP contribution in [0.1, 0.15) is 36.1 Å². The molecule has 13 heteroatoms. The van der Waals surface area contributed by atoms with Gasteiger partial charge in [-0.05, 0) is 75.5 Å². The zero-order valence-electron chi connectivity index (χ0n) is 24.6. The number of halogens is 1. The van der Waals surface area contributed by atoms with Crippen molar-refractivity contribution in [2.75, 3.05) is 27.2 Å². The van der Waals surface area contributed by atoms with Gasteiger partial charge in [0.1, 0.15) is 17.2 Å². The highest BCUT2D eigenvalue weighted by Crippen LogP contribution is 2.30. The summed E-state index contributed by atoms with van der Waals surface area (Å²) in [6, 6.07) is 18.8. The quantitative estimate of drug-likeness (QED) is 0.127. The molecule has 0 bridgehead atoms. The molecule has 0 atom stereocenters. The van der Waals surface area contributed by atoms with Crippen LogP contribution in [-0.2, 0) is 14.4 Å². The van der Waals surface area contributed by atoms with Gasteiger partial charge in [-0.25, -0.2) is 4.79 Å². The van der Waals surface area contributed by atoms with Crippen LogP contribution in [0.3, 0.4) is 0 Å². The minimum atomic E-state index is -2.74. The number of carboxylic acid groups (broad SMARTS) is 3. The molecule has 44 heavy (non-hydrogen) atoms. The lowest BCUT2D eigenvalue weighted by Crippen LogP contribution is -2.42. The predicted molar refractivity (Wildman–Crippen MR) is 164 cm³/mol. The Morgan fingerprint density at radius 1 is 0.932 bits per heavy atom. The highest BCUT2D eigenvalue weighted by Gasteiger charge is 2.40. The van der Waals surface area contributed by atoms with E-state index in [1.807, 2.05) is 67.6 Å². The van der Waals surface area contributed by atoms with E-state index in [1.54, 1.807) is 6.20 Å². The zero-order valence-corrected chi connectivity index (χ0v) is 25.3. The Morgan fingerprint density at radius 2 is 1.55 bits per heavy atom. The molecule has 2 aromatic carbocycles. The molecular weight excluding hydrogens is 594 g/mol. The van der Waals surface area contributed by atoms with Crippen LogP contribution in [0.5, 0.6) is 11.5 Å². The number of hydrogen-bond acceptors (Lipinski definition) is 9. The summed E-state index contributed by atoms with van der Waals surface area (Å²) in [5.41, 5.74) is 6.63. The lowest BCUT2D eigenvalue weighted by Gasteiger charge is -2.18. The first-order valence-electron chi connectivity index (χ1n) is 13.3. The second-order valence-corrected chi connectivity index (χ2v) is 10.3. The minimum Gasteiger partial charge on any atom is -0.494 e. The van der Waals surface area contributed by atoms with Crippen molar-refractivity contribution < 1.29 is 44.3 Å². The van der Waals surface area contributed by atoms with Crippen molar-refractivity contribution in [3.05, 3.63) is 88.7 Å². The topological polar surface area (TPSA) is 193 Å². The summed E-state index contributed by atoms with van der Waals surface area (Å²) < 4.78 is 12.0. The lowest BCUT2D eigenvalue weighted by molar-refractivity contribution is -0.170. The Morgan fingerprint density at radius 3 is 2.07 bits per heavy atom. The molecule has 12 nitrogen and oxygen atoms in total. The van der Waals surface area contributed by atoms with Gasteiger partial charge >= 0.3 is 17.9 Å². The van der Waals surface area contributed by atoms with E-state index in [4.69, 9.17) is 47.2 Å². The van der Waals surface area contributed by atoms with Crippen LogP contribution >= 0.6 is 11.6 Å². The molecule has 3 rings (SSSR count). The highest BCUT2D eigenvalue weighted by atomic mass is 35.5. The van der Waals surface area contributed by atoms with Crippen molar-refractivity contribution in [3.63, 3.8) is 0 Å². The van der Waals surface area contributed by atoms with E-state index in [0.29, 0.717) is 34.5 Å². The largest absolute Gasteiger partial charge is 0.494 e. The van der Waals surface area contributed by atoms with Crippen LogP contribution in [0.2, 0.25) is 5.02 Å². The Balaban J connectivity index is 0.000000439. The third-order valence-corrected chi connectivity index (χ3v) is 6.46. The summed E-state index contributed by atoms with van der Waals surface area (Å²) in [6.07, 6.45) is 0.387. The third kappa shape index (κ3) is 11.2. The number of ether oxygens (including phenoxy) is 2. The maximum Gasteiger partial charge on any atom is 0.336 e. The molecule has 0 radical (unpaired) electrons. The first-order valence-corrected chi connectivity index (χ1v) is 13.7. The molecule has 6 N–H and O–H groups in total. The normalized spacial score (nSPS) is 11.6. The summed E-state index contributed by atoms with van der Waals surface area (Å²) in [5, 5.41) is 34.5. The minimum absolute atomic E-state index is 0.475. The fourth-order valence-corrected chi connectivity index (χ4v) is 3.95. The number of benzene rings is 2. The van der Waals surface area contributed by atoms with Gasteiger partial charge in [0.05, 0.1) is 25.1 Å². The number of aliphatic carboxylic acids is 3. The molecule has 0 aliphatic rings. The number of carbonyl (C=O) groups is 3. The van der Waals surface area contributed by atoms with Crippen LogP contribution in [-0.4, -0.2) is 81.1 Å². The molecule has 0 unspecified atom stereocenters. The number of pyridine rings is 1. The maximum atomic E-state index is 10.3. The van der Waals surface area contributed by atoms with Crippen molar-refractivity contribution in [1.82, 2.24) is 9.88 Å². The van der Waals surface area contributed by atoms with Gasteiger partial charge in [0.25, 0.3) is 0 Å². The number of nitrogens with zero attached hydrogens (tertiary/aromatic N) is 2. The number of hydrogen-bond donors (Lipinski definition) is 5. The third-order valence-electron chi connectivity index (χ3n) is 6.05.